The smallest absolute Gasteiger partial charge is 0.233 e. The van der Waals surface area contributed by atoms with Gasteiger partial charge in [-0.25, -0.2) is 4.98 Å². The fourth-order valence-electron chi connectivity index (χ4n) is 1.16. The summed E-state index contributed by atoms with van der Waals surface area (Å²) in [5.74, 6) is 0.696. The molecule has 2 nitrogen and oxygen atoms in total. The van der Waals surface area contributed by atoms with Gasteiger partial charge in [0.25, 0.3) is 0 Å². The van der Waals surface area contributed by atoms with Crippen molar-refractivity contribution < 1.29 is 4.74 Å². The molecule has 0 fully saturated rings. The third-order valence-electron chi connectivity index (χ3n) is 1.96. The Labute approximate surface area is 132 Å². The van der Waals surface area contributed by atoms with Gasteiger partial charge in [0.2, 0.25) is 5.88 Å². The van der Waals surface area contributed by atoms with Gasteiger partial charge in [0, 0.05) is 12.3 Å². The molecule has 1 heterocycles. The van der Waals surface area contributed by atoms with Crippen molar-refractivity contribution in [3.05, 3.63) is 49.0 Å². The summed E-state index contributed by atoms with van der Waals surface area (Å²) in [7, 11) is 0. The second kappa shape index (κ2) is 5.85. The van der Waals surface area contributed by atoms with Crippen molar-refractivity contribution in [1.29, 1.82) is 0 Å². The van der Waals surface area contributed by atoms with Crippen LogP contribution in [0.4, 0.5) is 0 Å². The molecule has 0 atom stereocenters. The third-order valence-corrected chi connectivity index (χ3v) is 3.75. The fraction of sp³-hybridized carbons (Fsp3) is 0. The van der Waals surface area contributed by atoms with E-state index >= 15 is 0 Å². The van der Waals surface area contributed by atoms with Gasteiger partial charge in [-0.05, 0) is 28.1 Å². The van der Waals surface area contributed by atoms with Crippen molar-refractivity contribution in [3.63, 3.8) is 0 Å². The Balaban J connectivity index is 2.37. The third kappa shape index (κ3) is 3.22. The summed E-state index contributed by atoms with van der Waals surface area (Å²) in [4.78, 5) is 4.03. The first-order chi connectivity index (χ1) is 8.47. The van der Waals surface area contributed by atoms with Crippen LogP contribution in [0.25, 0.3) is 0 Å². The van der Waals surface area contributed by atoms with Crippen molar-refractivity contribution in [2.75, 3.05) is 0 Å². The molecule has 2 rings (SSSR count). The van der Waals surface area contributed by atoms with Gasteiger partial charge in [0.15, 0.2) is 0 Å². The van der Waals surface area contributed by atoms with Gasteiger partial charge in [0.1, 0.15) is 5.75 Å². The highest BCUT2D eigenvalue weighted by Gasteiger charge is 2.11. The summed E-state index contributed by atoms with van der Waals surface area (Å²) < 4.78 is 6.15. The van der Waals surface area contributed by atoms with Crippen LogP contribution in [0.1, 0.15) is 0 Å². The first-order valence-corrected chi connectivity index (χ1v) is 6.91. The van der Waals surface area contributed by atoms with Crippen LogP contribution < -0.4 is 4.74 Å². The summed E-state index contributed by atoms with van der Waals surface area (Å²) in [5.41, 5.74) is 0. The van der Waals surface area contributed by atoms with E-state index in [1.165, 1.54) is 18.3 Å². The number of pyridine rings is 1. The second-order valence-corrected chi connectivity index (χ2v) is 5.75. The lowest BCUT2D eigenvalue weighted by molar-refractivity contribution is 0.460. The molecule has 0 saturated carbocycles. The van der Waals surface area contributed by atoms with Gasteiger partial charge in [-0.3, -0.25) is 0 Å². The van der Waals surface area contributed by atoms with Gasteiger partial charge < -0.3 is 4.74 Å². The van der Waals surface area contributed by atoms with Gasteiger partial charge in [-0.2, -0.15) is 0 Å². The zero-order valence-corrected chi connectivity index (χ0v) is 13.2. The molecule has 0 unspecified atom stereocenters. The predicted octanol–water partition coefficient (Wildman–Crippen LogP) is 6.25. The van der Waals surface area contributed by atoms with Crippen molar-refractivity contribution >= 4 is 62.3 Å². The molecule has 7 heteroatoms. The number of nitrogens with zero attached hydrogens (tertiary/aromatic N) is 1. The van der Waals surface area contributed by atoms with Crippen LogP contribution in [0, 0.1) is 0 Å². The Morgan fingerprint density at radius 3 is 2.28 bits per heavy atom. The number of hydrogen-bond donors (Lipinski definition) is 0. The average molecular weight is 388 g/mol. The lowest BCUT2D eigenvalue weighted by atomic mass is 10.3. The Bertz CT molecular complexity index is 606. The summed E-state index contributed by atoms with van der Waals surface area (Å²) in [6.07, 6.45) is 1.47. The maximum absolute atomic E-state index is 6.00. The number of aromatic nitrogens is 1. The number of halogens is 5. The summed E-state index contributed by atoms with van der Waals surface area (Å²) in [6.45, 7) is 0. The molecule has 0 amide bonds. The first-order valence-electron chi connectivity index (χ1n) is 4.61. The molecule has 1 aromatic carbocycles. The van der Waals surface area contributed by atoms with Crippen molar-refractivity contribution in [1.82, 2.24) is 4.98 Å². The predicted molar refractivity (Wildman–Crippen MR) is 78.5 cm³/mol. The first kappa shape index (κ1) is 14.2. The molecule has 0 aliphatic heterocycles. The minimum absolute atomic E-state index is 0.333. The van der Waals surface area contributed by atoms with Crippen molar-refractivity contribution in [3.8, 4) is 11.6 Å². The van der Waals surface area contributed by atoms with E-state index in [1.807, 2.05) is 0 Å². The van der Waals surface area contributed by atoms with Gasteiger partial charge in [-0.1, -0.05) is 46.4 Å². The molecule has 0 radical (unpaired) electrons. The van der Waals surface area contributed by atoms with E-state index in [1.54, 1.807) is 6.07 Å². The van der Waals surface area contributed by atoms with Crippen molar-refractivity contribution in [2.45, 2.75) is 0 Å². The Kier molecular flexibility index (Phi) is 4.62. The van der Waals surface area contributed by atoms with Gasteiger partial charge in [0.05, 0.1) is 24.6 Å². The second-order valence-electron chi connectivity index (χ2n) is 3.24. The fourth-order valence-corrected chi connectivity index (χ4v) is 2.46. The molecule has 94 valence electrons. The molecular formula is C11H4BrCl4NO. The van der Waals surface area contributed by atoms with Crippen LogP contribution in [0.5, 0.6) is 11.6 Å². The van der Waals surface area contributed by atoms with Crippen LogP contribution >= 0.6 is 62.3 Å². The molecule has 2 aromatic rings. The highest BCUT2D eigenvalue weighted by molar-refractivity contribution is 9.10. The number of ether oxygens (including phenoxy) is 1. The van der Waals surface area contributed by atoms with Gasteiger partial charge in [-0.15, -0.1) is 0 Å². The minimum atomic E-state index is 0.333. The Morgan fingerprint density at radius 2 is 1.61 bits per heavy atom. The largest absolute Gasteiger partial charge is 0.436 e. The molecule has 0 N–H and O–H groups in total. The maximum Gasteiger partial charge on any atom is 0.233 e. The molecule has 0 saturated heterocycles. The molecule has 0 aliphatic rings. The quantitative estimate of drug-likeness (QED) is 0.568. The van der Waals surface area contributed by atoms with Crippen LogP contribution in [-0.4, -0.2) is 4.98 Å². The Hall–Kier alpha value is -0.190. The highest BCUT2D eigenvalue weighted by Crippen LogP contribution is 2.37. The van der Waals surface area contributed by atoms with E-state index in [0.29, 0.717) is 36.2 Å². The van der Waals surface area contributed by atoms with E-state index in [9.17, 15) is 0 Å². The van der Waals surface area contributed by atoms with E-state index in [0.717, 1.165) is 0 Å². The summed E-state index contributed by atoms with van der Waals surface area (Å²) in [6, 6.07) is 4.69. The van der Waals surface area contributed by atoms with Crippen LogP contribution in [0.15, 0.2) is 28.9 Å². The average Bonchev–Trinajstić information content (AvgIpc) is 2.29. The van der Waals surface area contributed by atoms with Crippen LogP contribution in [-0.2, 0) is 0 Å². The zero-order valence-electron chi connectivity index (χ0n) is 8.55. The van der Waals surface area contributed by atoms with Gasteiger partial charge >= 0.3 is 0 Å². The highest BCUT2D eigenvalue weighted by atomic mass is 79.9. The zero-order chi connectivity index (χ0) is 13.3. The van der Waals surface area contributed by atoms with E-state index in [-0.39, 0.29) is 0 Å². The van der Waals surface area contributed by atoms with Crippen LogP contribution in [0.3, 0.4) is 0 Å². The Morgan fingerprint density at radius 1 is 0.944 bits per heavy atom. The number of benzene rings is 1. The topological polar surface area (TPSA) is 22.1 Å². The molecule has 0 bridgehead atoms. The number of hydrogen-bond acceptors (Lipinski definition) is 2. The summed E-state index contributed by atoms with van der Waals surface area (Å²) in [5, 5.41) is 1.54. The molecule has 18 heavy (non-hydrogen) atoms. The lowest BCUT2D eigenvalue weighted by Crippen LogP contribution is -1.90. The normalized spacial score (nSPS) is 10.5. The van der Waals surface area contributed by atoms with E-state index in [4.69, 9.17) is 51.1 Å². The SMILES string of the molecule is Clc1cnc(Oc2cc(Cl)c(Cl)cc2Cl)c(Br)c1. The van der Waals surface area contributed by atoms with E-state index < -0.39 is 0 Å². The number of rotatable bonds is 2. The summed E-state index contributed by atoms with van der Waals surface area (Å²) >= 11 is 26.8. The van der Waals surface area contributed by atoms with Crippen molar-refractivity contribution in [2.24, 2.45) is 0 Å². The molecule has 1 aromatic heterocycles. The standard InChI is InChI=1S/C11H4BrCl4NO/c12-6-1-5(13)4-17-11(6)18-10-3-8(15)7(14)2-9(10)16/h1-4H. The minimum Gasteiger partial charge on any atom is -0.436 e. The monoisotopic (exact) mass is 385 g/mol. The molecule has 0 aliphatic carbocycles. The lowest BCUT2D eigenvalue weighted by Gasteiger charge is -2.09. The van der Waals surface area contributed by atoms with E-state index in [2.05, 4.69) is 20.9 Å². The molecule has 0 spiro atoms. The molecular weight excluding hydrogens is 384 g/mol. The van der Waals surface area contributed by atoms with Crippen LogP contribution in [0.2, 0.25) is 20.1 Å². The maximum atomic E-state index is 6.00.